The fourth-order valence-electron chi connectivity index (χ4n) is 3.10. The van der Waals surface area contributed by atoms with Crippen LogP contribution < -0.4 is 15.0 Å². The Morgan fingerprint density at radius 1 is 1.40 bits per heavy atom. The van der Waals surface area contributed by atoms with E-state index in [0.29, 0.717) is 23.8 Å². The molecule has 1 atom stereocenters. The summed E-state index contributed by atoms with van der Waals surface area (Å²) in [6.45, 7) is -0.0240. The fraction of sp³-hybridized carbons (Fsp3) is 0.190. The van der Waals surface area contributed by atoms with Gasteiger partial charge in [-0.15, -0.1) is 11.5 Å². The number of terminal acetylenes is 1. The molecule has 150 valence electrons. The molecule has 0 saturated heterocycles. The zero-order valence-electron chi connectivity index (χ0n) is 16.1. The highest BCUT2D eigenvalue weighted by Gasteiger charge is 2.32. The molecule has 1 aliphatic rings. The fourth-order valence-corrected chi connectivity index (χ4v) is 3.10. The second-order valence-corrected chi connectivity index (χ2v) is 6.69. The van der Waals surface area contributed by atoms with E-state index in [0.717, 1.165) is 11.1 Å². The van der Waals surface area contributed by atoms with Gasteiger partial charge in [0.05, 0.1) is 0 Å². The van der Waals surface area contributed by atoms with Gasteiger partial charge in [-0.2, -0.15) is 0 Å². The van der Waals surface area contributed by atoms with E-state index in [1.165, 1.54) is 4.90 Å². The molecule has 0 bridgehead atoms. The molecule has 0 unspecified atom stereocenters. The quantitative estimate of drug-likeness (QED) is 0.628. The van der Waals surface area contributed by atoms with Gasteiger partial charge in [-0.05, 0) is 29.8 Å². The number of carbonyl (C=O) groups is 2. The smallest absolute Gasteiger partial charge is 0.291 e. The number of hydrogen-bond acceptors (Lipinski definition) is 6. The monoisotopic (exact) mass is 402 g/mol. The molecule has 0 aliphatic carbocycles. The van der Waals surface area contributed by atoms with Crippen LogP contribution in [-0.2, 0) is 11.2 Å². The Hall–Kier alpha value is -4.19. The molecule has 9 heteroatoms. The summed E-state index contributed by atoms with van der Waals surface area (Å²) in [4.78, 5) is 35.0. The van der Waals surface area contributed by atoms with E-state index in [9.17, 15) is 9.59 Å². The number of nitrogens with one attached hydrogen (secondary N) is 2. The van der Waals surface area contributed by atoms with Gasteiger partial charge in [-0.1, -0.05) is 18.1 Å². The zero-order valence-corrected chi connectivity index (χ0v) is 16.1. The number of H-pyrrole nitrogens is 1. The second-order valence-electron chi connectivity index (χ2n) is 6.69. The first-order chi connectivity index (χ1) is 14.5. The molecule has 2 amide bonds. The van der Waals surface area contributed by atoms with Crippen LogP contribution in [0.25, 0.3) is 0 Å². The SMILES string of the molecule is C#Cc1cccc(Cc2nc(C(=O)N[C@H]3COc4cccnc4N(C)C3=O)n[nH]2)c1. The van der Waals surface area contributed by atoms with Crippen LogP contribution in [-0.4, -0.2) is 51.7 Å². The number of hydrogen-bond donors (Lipinski definition) is 2. The van der Waals surface area contributed by atoms with Crippen molar-refractivity contribution < 1.29 is 14.3 Å². The summed E-state index contributed by atoms with van der Waals surface area (Å²) in [7, 11) is 1.58. The van der Waals surface area contributed by atoms with Crippen molar-refractivity contribution in [2.75, 3.05) is 18.6 Å². The first kappa shape index (κ1) is 19.1. The normalized spacial score (nSPS) is 15.5. The number of aromatic amines is 1. The third-order valence-corrected chi connectivity index (χ3v) is 4.61. The molecular weight excluding hydrogens is 384 g/mol. The van der Waals surface area contributed by atoms with Crippen molar-refractivity contribution in [1.29, 1.82) is 0 Å². The van der Waals surface area contributed by atoms with Crippen molar-refractivity contribution in [2.45, 2.75) is 12.5 Å². The first-order valence-corrected chi connectivity index (χ1v) is 9.18. The molecule has 1 aliphatic heterocycles. The van der Waals surface area contributed by atoms with E-state index in [1.807, 2.05) is 24.3 Å². The summed E-state index contributed by atoms with van der Waals surface area (Å²) in [5, 5.41) is 9.34. The molecule has 4 rings (SSSR count). The minimum Gasteiger partial charge on any atom is -0.487 e. The number of fused-ring (bicyclic) bond motifs is 1. The number of amides is 2. The van der Waals surface area contributed by atoms with Crippen LogP contribution in [0.2, 0.25) is 0 Å². The van der Waals surface area contributed by atoms with E-state index < -0.39 is 11.9 Å². The molecule has 0 fully saturated rings. The van der Waals surface area contributed by atoms with Gasteiger partial charge in [0.15, 0.2) is 11.6 Å². The Bertz CT molecular complexity index is 1150. The molecular formula is C21H18N6O3. The highest BCUT2D eigenvalue weighted by atomic mass is 16.5. The first-order valence-electron chi connectivity index (χ1n) is 9.18. The number of pyridine rings is 1. The second kappa shape index (κ2) is 8.05. The third kappa shape index (κ3) is 3.84. The predicted molar refractivity (Wildman–Crippen MR) is 108 cm³/mol. The Morgan fingerprint density at radius 2 is 2.27 bits per heavy atom. The van der Waals surface area contributed by atoms with E-state index in [-0.39, 0.29) is 18.3 Å². The maximum Gasteiger partial charge on any atom is 0.291 e. The van der Waals surface area contributed by atoms with Crippen LogP contribution in [0.5, 0.6) is 5.75 Å². The number of aromatic nitrogens is 4. The highest BCUT2D eigenvalue weighted by Crippen LogP contribution is 2.27. The van der Waals surface area contributed by atoms with Gasteiger partial charge in [0.2, 0.25) is 5.82 Å². The average molecular weight is 402 g/mol. The van der Waals surface area contributed by atoms with Crippen LogP contribution in [0.4, 0.5) is 5.82 Å². The maximum atomic E-state index is 12.7. The minimum atomic E-state index is -0.897. The molecule has 3 heterocycles. The molecule has 1 aromatic carbocycles. The molecule has 2 aromatic heterocycles. The predicted octanol–water partition coefficient (Wildman–Crippen LogP) is 0.926. The van der Waals surface area contributed by atoms with Gasteiger partial charge in [0, 0.05) is 25.2 Å². The summed E-state index contributed by atoms with van der Waals surface area (Å²) >= 11 is 0. The van der Waals surface area contributed by atoms with Gasteiger partial charge in [-0.3, -0.25) is 19.6 Å². The van der Waals surface area contributed by atoms with E-state index >= 15 is 0 Å². The Morgan fingerprint density at radius 3 is 3.10 bits per heavy atom. The third-order valence-electron chi connectivity index (χ3n) is 4.61. The number of carbonyl (C=O) groups excluding carboxylic acids is 2. The van der Waals surface area contributed by atoms with Crippen LogP contribution >= 0.6 is 0 Å². The lowest BCUT2D eigenvalue weighted by Gasteiger charge is -2.18. The summed E-state index contributed by atoms with van der Waals surface area (Å²) in [6.07, 6.45) is 7.43. The standard InChI is InChI=1S/C21H18N6O3/c1-3-13-6-4-7-14(10-13)11-17-24-18(26-25-17)20(28)23-15-12-30-16-8-5-9-22-19(16)27(2)21(15)29/h1,4-10,15H,11-12H2,2H3,(H,23,28)(H,24,25,26)/t15-/m0/s1. The van der Waals surface area contributed by atoms with Crippen LogP contribution in [0.1, 0.15) is 27.6 Å². The van der Waals surface area contributed by atoms with Gasteiger partial charge in [-0.25, -0.2) is 9.97 Å². The Kier molecular flexibility index (Phi) is 5.13. The van der Waals surface area contributed by atoms with Crippen LogP contribution in [0.15, 0.2) is 42.6 Å². The molecule has 0 radical (unpaired) electrons. The lowest BCUT2D eigenvalue weighted by Crippen LogP contribution is -2.49. The number of anilines is 1. The van der Waals surface area contributed by atoms with Crippen molar-refractivity contribution in [2.24, 2.45) is 0 Å². The zero-order chi connectivity index (χ0) is 21.1. The minimum absolute atomic E-state index is 0.0240. The summed E-state index contributed by atoms with van der Waals surface area (Å²) in [6, 6.07) is 10.00. The Labute approximate surface area is 172 Å². The lowest BCUT2D eigenvalue weighted by molar-refractivity contribution is -0.120. The van der Waals surface area contributed by atoms with Crippen molar-refractivity contribution in [3.05, 3.63) is 65.4 Å². The van der Waals surface area contributed by atoms with Crippen molar-refractivity contribution in [3.8, 4) is 18.1 Å². The van der Waals surface area contributed by atoms with Crippen LogP contribution in [0.3, 0.4) is 0 Å². The van der Waals surface area contributed by atoms with E-state index in [4.69, 9.17) is 11.2 Å². The summed E-state index contributed by atoms with van der Waals surface area (Å²) < 4.78 is 5.64. The van der Waals surface area contributed by atoms with Crippen LogP contribution in [0, 0.1) is 12.3 Å². The molecule has 9 nitrogen and oxygen atoms in total. The molecule has 3 aromatic rings. The van der Waals surface area contributed by atoms with Gasteiger partial charge < -0.3 is 10.1 Å². The lowest BCUT2D eigenvalue weighted by atomic mass is 10.1. The number of benzene rings is 1. The van der Waals surface area contributed by atoms with E-state index in [2.05, 4.69) is 31.4 Å². The number of likely N-dealkylation sites (N-methyl/N-ethyl adjacent to an activating group) is 1. The van der Waals surface area contributed by atoms with Crippen molar-refractivity contribution >= 4 is 17.6 Å². The maximum absolute atomic E-state index is 12.7. The highest BCUT2D eigenvalue weighted by molar-refractivity contribution is 6.01. The molecule has 0 spiro atoms. The van der Waals surface area contributed by atoms with Gasteiger partial charge >= 0.3 is 0 Å². The number of rotatable bonds is 4. The Balaban J connectivity index is 1.44. The number of ether oxygens (including phenoxy) is 1. The average Bonchev–Trinajstić information content (AvgIpc) is 3.20. The molecule has 2 N–H and O–H groups in total. The summed E-state index contributed by atoms with van der Waals surface area (Å²) in [5.41, 5.74) is 1.70. The van der Waals surface area contributed by atoms with Gasteiger partial charge in [0.1, 0.15) is 18.5 Å². The topological polar surface area (TPSA) is 113 Å². The summed E-state index contributed by atoms with van der Waals surface area (Å²) in [5.74, 6) is 2.97. The number of nitrogens with zero attached hydrogens (tertiary/aromatic N) is 4. The van der Waals surface area contributed by atoms with Crippen molar-refractivity contribution in [3.63, 3.8) is 0 Å². The van der Waals surface area contributed by atoms with Gasteiger partial charge in [0.25, 0.3) is 11.8 Å². The van der Waals surface area contributed by atoms with E-state index in [1.54, 1.807) is 25.4 Å². The van der Waals surface area contributed by atoms with Crippen molar-refractivity contribution in [1.82, 2.24) is 25.5 Å². The molecule has 0 saturated carbocycles. The largest absolute Gasteiger partial charge is 0.487 e. The molecule has 30 heavy (non-hydrogen) atoms.